The molecule has 0 aliphatic rings. The molecule has 0 spiro atoms. The van der Waals surface area contributed by atoms with Crippen LogP contribution in [0.1, 0.15) is 16.7 Å². The lowest BCUT2D eigenvalue weighted by molar-refractivity contribution is 0.438. The van der Waals surface area contributed by atoms with Crippen LogP contribution < -0.4 is 10.5 Å². The summed E-state index contributed by atoms with van der Waals surface area (Å²) in [6.07, 6.45) is 0. The zero-order valence-electron chi connectivity index (χ0n) is 10.8. The van der Waals surface area contributed by atoms with E-state index in [0.717, 1.165) is 5.56 Å². The summed E-state index contributed by atoms with van der Waals surface area (Å²) >= 11 is 5.95. The molecule has 2 rings (SSSR count). The monoisotopic (exact) mass is 290 g/mol. The molecule has 0 bridgehead atoms. The quantitative estimate of drug-likeness (QED) is 0.932. The van der Waals surface area contributed by atoms with Crippen molar-refractivity contribution >= 4 is 11.6 Å². The van der Waals surface area contributed by atoms with Crippen LogP contribution in [0.3, 0.4) is 0 Å². The lowest BCUT2D eigenvalue weighted by Gasteiger charge is -2.11. The molecule has 0 amide bonds. The molecular formula is C15H12ClFN2O. The van der Waals surface area contributed by atoms with E-state index < -0.39 is 5.82 Å². The van der Waals surface area contributed by atoms with E-state index in [-0.39, 0.29) is 17.3 Å². The molecule has 0 fully saturated rings. The molecule has 0 aliphatic carbocycles. The first-order valence-electron chi connectivity index (χ1n) is 5.91. The summed E-state index contributed by atoms with van der Waals surface area (Å²) in [5.74, 6) is -0.305. The van der Waals surface area contributed by atoms with Gasteiger partial charge < -0.3 is 10.5 Å². The van der Waals surface area contributed by atoms with Crippen LogP contribution in [-0.2, 0) is 6.54 Å². The van der Waals surface area contributed by atoms with Crippen molar-refractivity contribution in [3.63, 3.8) is 0 Å². The van der Waals surface area contributed by atoms with Gasteiger partial charge in [0.15, 0.2) is 11.6 Å². The fraction of sp³-hybridized carbons (Fsp3) is 0.133. The first kappa shape index (κ1) is 14.3. The number of ether oxygens (including phenoxy) is 1. The largest absolute Gasteiger partial charge is 0.453 e. The standard InChI is InChI=1S/C15H12ClFN2O/c1-9-4-10(7-18)6-12(5-9)20-15-13(16)3-2-11(8-19)14(15)17/h2-6H,8,19H2,1H3. The van der Waals surface area contributed by atoms with E-state index in [1.807, 2.05) is 13.0 Å². The average molecular weight is 291 g/mol. The molecule has 0 saturated carbocycles. The van der Waals surface area contributed by atoms with E-state index in [9.17, 15) is 4.39 Å². The molecule has 2 N–H and O–H groups in total. The Balaban J connectivity index is 2.45. The molecule has 102 valence electrons. The van der Waals surface area contributed by atoms with E-state index in [1.54, 1.807) is 12.1 Å². The van der Waals surface area contributed by atoms with Gasteiger partial charge in [-0.05, 0) is 36.8 Å². The van der Waals surface area contributed by atoms with Crippen LogP contribution in [0.2, 0.25) is 5.02 Å². The predicted octanol–water partition coefficient (Wildman–Crippen LogP) is 3.91. The molecule has 2 aromatic rings. The van der Waals surface area contributed by atoms with E-state index in [2.05, 4.69) is 0 Å². The molecule has 0 aliphatic heterocycles. The zero-order valence-corrected chi connectivity index (χ0v) is 11.5. The summed E-state index contributed by atoms with van der Waals surface area (Å²) in [5, 5.41) is 9.07. The van der Waals surface area contributed by atoms with Gasteiger partial charge in [-0.25, -0.2) is 4.39 Å². The van der Waals surface area contributed by atoms with Gasteiger partial charge in [0.05, 0.1) is 16.7 Å². The van der Waals surface area contributed by atoms with Gasteiger partial charge in [-0.15, -0.1) is 0 Å². The van der Waals surface area contributed by atoms with E-state index in [1.165, 1.54) is 18.2 Å². The molecule has 0 heterocycles. The third-order valence-electron chi connectivity index (χ3n) is 2.75. The number of nitrogens with two attached hydrogens (primary N) is 1. The fourth-order valence-electron chi connectivity index (χ4n) is 1.81. The number of benzene rings is 2. The lowest BCUT2D eigenvalue weighted by atomic mass is 10.1. The number of halogens is 2. The van der Waals surface area contributed by atoms with Gasteiger partial charge in [0.25, 0.3) is 0 Å². The van der Waals surface area contributed by atoms with Crippen LogP contribution in [-0.4, -0.2) is 0 Å². The minimum atomic E-state index is -0.583. The van der Waals surface area contributed by atoms with Crippen molar-refractivity contribution in [2.75, 3.05) is 0 Å². The molecular weight excluding hydrogens is 279 g/mol. The lowest BCUT2D eigenvalue weighted by Crippen LogP contribution is -2.02. The summed E-state index contributed by atoms with van der Waals surface area (Å²) in [5.41, 5.74) is 7.04. The molecule has 5 heteroatoms. The minimum absolute atomic E-state index is 0.0522. The van der Waals surface area contributed by atoms with Gasteiger partial charge in [0, 0.05) is 12.1 Å². The second-order valence-corrected chi connectivity index (χ2v) is 4.71. The number of nitriles is 1. The average Bonchev–Trinajstić information content (AvgIpc) is 2.43. The Hall–Kier alpha value is -2.09. The van der Waals surface area contributed by atoms with Gasteiger partial charge in [0.2, 0.25) is 0 Å². The van der Waals surface area contributed by atoms with Crippen molar-refractivity contribution in [1.29, 1.82) is 5.26 Å². The maximum absolute atomic E-state index is 14.1. The van der Waals surface area contributed by atoms with Crippen molar-refractivity contribution in [2.45, 2.75) is 13.5 Å². The molecule has 20 heavy (non-hydrogen) atoms. The van der Waals surface area contributed by atoms with E-state index in [0.29, 0.717) is 16.9 Å². The summed E-state index contributed by atoms with van der Waals surface area (Å²) in [4.78, 5) is 0. The highest BCUT2D eigenvalue weighted by Crippen LogP contribution is 2.34. The highest BCUT2D eigenvalue weighted by Gasteiger charge is 2.14. The Kier molecular flexibility index (Phi) is 4.23. The second-order valence-electron chi connectivity index (χ2n) is 4.30. The second kappa shape index (κ2) is 5.91. The van der Waals surface area contributed by atoms with Crippen molar-refractivity contribution in [3.05, 3.63) is 57.9 Å². The van der Waals surface area contributed by atoms with Gasteiger partial charge in [-0.3, -0.25) is 0 Å². The topological polar surface area (TPSA) is 59.0 Å². The van der Waals surface area contributed by atoms with Crippen LogP contribution >= 0.6 is 11.6 Å². The zero-order chi connectivity index (χ0) is 14.7. The Labute approximate surface area is 121 Å². The molecule has 0 saturated heterocycles. The van der Waals surface area contributed by atoms with E-state index >= 15 is 0 Å². The molecule has 0 aromatic heterocycles. The number of rotatable bonds is 3. The number of aryl methyl sites for hydroxylation is 1. The van der Waals surface area contributed by atoms with Crippen molar-refractivity contribution < 1.29 is 9.13 Å². The molecule has 2 aromatic carbocycles. The highest BCUT2D eigenvalue weighted by molar-refractivity contribution is 6.32. The highest BCUT2D eigenvalue weighted by atomic mass is 35.5. The predicted molar refractivity (Wildman–Crippen MR) is 75.3 cm³/mol. The normalized spacial score (nSPS) is 10.2. The van der Waals surface area contributed by atoms with Gasteiger partial charge in [-0.2, -0.15) is 5.26 Å². The summed E-state index contributed by atoms with van der Waals surface area (Å²) in [6.45, 7) is 1.87. The van der Waals surface area contributed by atoms with Crippen LogP contribution in [0.15, 0.2) is 30.3 Å². The maximum atomic E-state index is 14.1. The Morgan fingerprint density at radius 2 is 2.10 bits per heavy atom. The third kappa shape index (κ3) is 2.90. The van der Waals surface area contributed by atoms with Crippen LogP contribution in [0.25, 0.3) is 0 Å². The van der Waals surface area contributed by atoms with Crippen molar-refractivity contribution in [3.8, 4) is 17.6 Å². The molecule has 3 nitrogen and oxygen atoms in total. The van der Waals surface area contributed by atoms with Gasteiger partial charge in [-0.1, -0.05) is 17.7 Å². The smallest absolute Gasteiger partial charge is 0.181 e. The van der Waals surface area contributed by atoms with Crippen molar-refractivity contribution in [1.82, 2.24) is 0 Å². The Bertz CT molecular complexity index is 695. The summed E-state index contributed by atoms with van der Waals surface area (Å²) in [6, 6.07) is 10.0. The number of nitrogens with zero attached hydrogens (tertiary/aromatic N) is 1. The minimum Gasteiger partial charge on any atom is -0.453 e. The fourth-order valence-corrected chi connectivity index (χ4v) is 2.00. The van der Waals surface area contributed by atoms with Crippen LogP contribution in [0.5, 0.6) is 11.5 Å². The summed E-state index contributed by atoms with van der Waals surface area (Å²) < 4.78 is 19.6. The Morgan fingerprint density at radius 3 is 2.75 bits per heavy atom. The van der Waals surface area contributed by atoms with Crippen LogP contribution in [0, 0.1) is 24.1 Å². The van der Waals surface area contributed by atoms with Gasteiger partial charge in [0.1, 0.15) is 5.75 Å². The Morgan fingerprint density at radius 1 is 1.35 bits per heavy atom. The molecule has 0 atom stereocenters. The summed E-state index contributed by atoms with van der Waals surface area (Å²) in [7, 11) is 0. The van der Waals surface area contributed by atoms with Gasteiger partial charge >= 0.3 is 0 Å². The maximum Gasteiger partial charge on any atom is 0.181 e. The van der Waals surface area contributed by atoms with Crippen LogP contribution in [0.4, 0.5) is 4.39 Å². The van der Waals surface area contributed by atoms with E-state index in [4.69, 9.17) is 27.3 Å². The SMILES string of the molecule is Cc1cc(C#N)cc(Oc2c(Cl)ccc(CN)c2F)c1. The molecule has 0 radical (unpaired) electrons. The first-order valence-corrected chi connectivity index (χ1v) is 6.29. The first-order chi connectivity index (χ1) is 9.55. The number of hydrogen-bond donors (Lipinski definition) is 1. The third-order valence-corrected chi connectivity index (χ3v) is 3.05. The van der Waals surface area contributed by atoms with Crippen molar-refractivity contribution in [2.24, 2.45) is 5.73 Å². The number of hydrogen-bond acceptors (Lipinski definition) is 3. The molecule has 0 unspecified atom stereocenters.